The lowest BCUT2D eigenvalue weighted by Crippen LogP contribution is -2.46. The molecule has 1 N–H and O–H groups in total. The molecule has 2 aromatic rings. The van der Waals surface area contributed by atoms with Gasteiger partial charge in [0.1, 0.15) is 5.82 Å². The molecule has 1 aliphatic carbocycles. The highest BCUT2D eigenvalue weighted by molar-refractivity contribution is 6.30. The van der Waals surface area contributed by atoms with Crippen molar-refractivity contribution >= 4 is 23.2 Å². The number of hydrogen-bond donors (Lipinski definition) is 1. The molecular formula is C17H15ClFNO. The van der Waals surface area contributed by atoms with Gasteiger partial charge in [-0.2, -0.15) is 0 Å². The summed E-state index contributed by atoms with van der Waals surface area (Å²) in [4.78, 5) is 12.6. The fourth-order valence-corrected chi connectivity index (χ4v) is 2.91. The molecule has 2 nitrogen and oxygen atoms in total. The fourth-order valence-electron chi connectivity index (χ4n) is 2.78. The van der Waals surface area contributed by atoms with Gasteiger partial charge in [0.25, 0.3) is 0 Å². The van der Waals surface area contributed by atoms with E-state index >= 15 is 0 Å². The molecule has 4 heteroatoms. The van der Waals surface area contributed by atoms with Crippen LogP contribution in [0.1, 0.15) is 24.8 Å². The molecule has 0 saturated heterocycles. The summed E-state index contributed by atoms with van der Waals surface area (Å²) >= 11 is 5.83. The first-order valence-corrected chi connectivity index (χ1v) is 7.32. The predicted octanol–water partition coefficient (Wildman–Crippen LogP) is 4.54. The Labute approximate surface area is 127 Å². The van der Waals surface area contributed by atoms with Gasteiger partial charge in [-0.05, 0) is 43.2 Å². The minimum Gasteiger partial charge on any atom is -0.325 e. The van der Waals surface area contributed by atoms with Crippen molar-refractivity contribution in [2.75, 3.05) is 5.32 Å². The lowest BCUT2D eigenvalue weighted by atomic mass is 9.63. The zero-order valence-corrected chi connectivity index (χ0v) is 12.2. The molecule has 0 heterocycles. The maximum Gasteiger partial charge on any atom is 0.235 e. The van der Waals surface area contributed by atoms with Crippen molar-refractivity contribution in [2.24, 2.45) is 0 Å². The summed E-state index contributed by atoms with van der Waals surface area (Å²) in [5.41, 5.74) is 0.417. The Morgan fingerprint density at radius 3 is 2.33 bits per heavy atom. The van der Waals surface area contributed by atoms with Gasteiger partial charge in [-0.25, -0.2) is 4.39 Å². The van der Waals surface area contributed by atoms with E-state index in [1.807, 2.05) is 0 Å². The van der Waals surface area contributed by atoms with Crippen LogP contribution < -0.4 is 5.32 Å². The van der Waals surface area contributed by atoms with E-state index in [4.69, 9.17) is 11.6 Å². The Morgan fingerprint density at radius 1 is 1.10 bits per heavy atom. The van der Waals surface area contributed by atoms with Crippen LogP contribution in [0.2, 0.25) is 5.02 Å². The molecule has 1 aliphatic rings. The average Bonchev–Trinajstić information content (AvgIpc) is 2.42. The molecule has 2 aromatic carbocycles. The summed E-state index contributed by atoms with van der Waals surface area (Å²) in [6.45, 7) is 0. The van der Waals surface area contributed by atoms with E-state index < -0.39 is 5.41 Å². The zero-order valence-electron chi connectivity index (χ0n) is 11.4. The van der Waals surface area contributed by atoms with Crippen LogP contribution in [0, 0.1) is 5.82 Å². The lowest BCUT2D eigenvalue weighted by Gasteiger charge is -2.40. The van der Waals surface area contributed by atoms with E-state index in [9.17, 15) is 9.18 Å². The van der Waals surface area contributed by atoms with Gasteiger partial charge < -0.3 is 5.32 Å². The predicted molar refractivity (Wildman–Crippen MR) is 82.0 cm³/mol. The summed E-state index contributed by atoms with van der Waals surface area (Å²) < 4.78 is 14.1. The van der Waals surface area contributed by atoms with Crippen LogP contribution in [0.15, 0.2) is 48.5 Å². The molecule has 21 heavy (non-hydrogen) atoms. The highest BCUT2D eigenvalue weighted by atomic mass is 35.5. The van der Waals surface area contributed by atoms with Crippen LogP contribution >= 0.6 is 11.6 Å². The summed E-state index contributed by atoms with van der Waals surface area (Å²) in [7, 11) is 0. The SMILES string of the molecule is O=C(Nc1ccc(Cl)cc1)C1(c2ccccc2F)CCC1. The maximum absolute atomic E-state index is 14.1. The highest BCUT2D eigenvalue weighted by Gasteiger charge is 2.47. The number of benzene rings is 2. The van der Waals surface area contributed by atoms with Gasteiger partial charge in [-0.1, -0.05) is 36.2 Å². The monoisotopic (exact) mass is 303 g/mol. The maximum atomic E-state index is 14.1. The molecule has 0 bridgehead atoms. The minimum atomic E-state index is -0.745. The van der Waals surface area contributed by atoms with E-state index in [-0.39, 0.29) is 11.7 Å². The van der Waals surface area contributed by atoms with E-state index in [1.165, 1.54) is 6.07 Å². The third-order valence-corrected chi connectivity index (χ3v) is 4.39. The first-order valence-electron chi connectivity index (χ1n) is 6.94. The van der Waals surface area contributed by atoms with E-state index in [2.05, 4.69) is 5.32 Å². The number of nitrogens with one attached hydrogen (secondary N) is 1. The number of anilines is 1. The summed E-state index contributed by atoms with van der Waals surface area (Å²) in [5.74, 6) is -0.468. The average molecular weight is 304 g/mol. The number of amides is 1. The molecular weight excluding hydrogens is 289 g/mol. The van der Waals surface area contributed by atoms with Crippen molar-refractivity contribution in [1.29, 1.82) is 0 Å². The zero-order chi connectivity index (χ0) is 14.9. The van der Waals surface area contributed by atoms with Crippen molar-refractivity contribution in [2.45, 2.75) is 24.7 Å². The van der Waals surface area contributed by atoms with Crippen molar-refractivity contribution in [3.8, 4) is 0 Å². The molecule has 1 saturated carbocycles. The normalized spacial score (nSPS) is 16.1. The molecule has 0 spiro atoms. The third-order valence-electron chi connectivity index (χ3n) is 4.13. The van der Waals surface area contributed by atoms with Gasteiger partial charge in [0.15, 0.2) is 0 Å². The standard InChI is InChI=1S/C17H15ClFNO/c18-12-6-8-13(9-7-12)20-16(21)17(10-3-11-17)14-4-1-2-5-15(14)19/h1-2,4-9H,3,10-11H2,(H,20,21). The van der Waals surface area contributed by atoms with E-state index in [0.717, 1.165) is 6.42 Å². The van der Waals surface area contributed by atoms with E-state index in [1.54, 1.807) is 42.5 Å². The molecule has 0 aromatic heterocycles. The molecule has 0 aliphatic heterocycles. The number of carbonyl (C=O) groups excluding carboxylic acids is 1. The van der Waals surface area contributed by atoms with Crippen LogP contribution in [-0.4, -0.2) is 5.91 Å². The largest absolute Gasteiger partial charge is 0.325 e. The van der Waals surface area contributed by atoms with Crippen LogP contribution in [0.5, 0.6) is 0 Å². The van der Waals surface area contributed by atoms with Gasteiger partial charge in [0.05, 0.1) is 5.41 Å². The second-order valence-electron chi connectivity index (χ2n) is 5.38. The van der Waals surface area contributed by atoms with Gasteiger partial charge >= 0.3 is 0 Å². The van der Waals surface area contributed by atoms with Gasteiger partial charge in [-0.15, -0.1) is 0 Å². The van der Waals surface area contributed by atoms with Crippen LogP contribution in [0.25, 0.3) is 0 Å². The van der Waals surface area contributed by atoms with Crippen molar-refractivity contribution < 1.29 is 9.18 Å². The highest BCUT2D eigenvalue weighted by Crippen LogP contribution is 2.45. The number of halogens is 2. The fraction of sp³-hybridized carbons (Fsp3) is 0.235. The molecule has 0 radical (unpaired) electrons. The minimum absolute atomic E-state index is 0.152. The Balaban J connectivity index is 1.88. The molecule has 3 rings (SSSR count). The van der Waals surface area contributed by atoms with Crippen molar-refractivity contribution in [3.05, 3.63) is 64.9 Å². The van der Waals surface area contributed by atoms with Crippen LogP contribution in [0.4, 0.5) is 10.1 Å². The van der Waals surface area contributed by atoms with Crippen LogP contribution in [0.3, 0.4) is 0 Å². The second kappa shape index (κ2) is 5.49. The first-order chi connectivity index (χ1) is 10.1. The van der Waals surface area contributed by atoms with Gasteiger partial charge in [-0.3, -0.25) is 4.79 Å². The Morgan fingerprint density at radius 2 is 1.76 bits per heavy atom. The number of hydrogen-bond acceptors (Lipinski definition) is 1. The Bertz CT molecular complexity index is 665. The topological polar surface area (TPSA) is 29.1 Å². The van der Waals surface area contributed by atoms with Gasteiger partial charge in [0, 0.05) is 16.3 Å². The Hall–Kier alpha value is -1.87. The smallest absolute Gasteiger partial charge is 0.235 e. The quantitative estimate of drug-likeness (QED) is 0.886. The molecule has 108 valence electrons. The van der Waals surface area contributed by atoms with Crippen LogP contribution in [-0.2, 0) is 10.2 Å². The van der Waals surface area contributed by atoms with Gasteiger partial charge in [0.2, 0.25) is 5.91 Å². The van der Waals surface area contributed by atoms with Crippen molar-refractivity contribution in [3.63, 3.8) is 0 Å². The van der Waals surface area contributed by atoms with E-state index in [0.29, 0.717) is 29.1 Å². The number of carbonyl (C=O) groups is 1. The third kappa shape index (κ3) is 2.54. The summed E-state index contributed by atoms with van der Waals surface area (Å²) in [6.07, 6.45) is 2.28. The molecule has 1 amide bonds. The molecule has 0 atom stereocenters. The Kier molecular flexibility index (Phi) is 3.68. The molecule has 0 unspecified atom stereocenters. The summed E-state index contributed by atoms with van der Waals surface area (Å²) in [6, 6.07) is 13.4. The first kappa shape index (κ1) is 14.1. The van der Waals surface area contributed by atoms with Crippen molar-refractivity contribution in [1.82, 2.24) is 0 Å². The summed E-state index contributed by atoms with van der Waals surface area (Å²) in [5, 5.41) is 3.48. The second-order valence-corrected chi connectivity index (χ2v) is 5.81. The molecule has 1 fully saturated rings. The number of rotatable bonds is 3. The lowest BCUT2D eigenvalue weighted by molar-refractivity contribution is -0.124.